The van der Waals surface area contributed by atoms with Gasteiger partial charge in [0.15, 0.2) is 0 Å². The molecule has 0 spiro atoms. The van der Waals surface area contributed by atoms with Crippen LogP contribution in [0.2, 0.25) is 0 Å². The van der Waals surface area contributed by atoms with Gasteiger partial charge in [-0.1, -0.05) is 12.1 Å². The van der Waals surface area contributed by atoms with Crippen molar-refractivity contribution in [3.63, 3.8) is 0 Å². The Morgan fingerprint density at radius 2 is 1.91 bits per heavy atom. The molecule has 3 aromatic rings. The third kappa shape index (κ3) is 4.37. The molecule has 1 atom stereocenters. The minimum absolute atomic E-state index is 0.0121. The van der Waals surface area contributed by atoms with Crippen LogP contribution < -0.4 is 10.5 Å². The first-order chi connectivity index (χ1) is 15.3. The Labute approximate surface area is 185 Å². The van der Waals surface area contributed by atoms with E-state index in [0.717, 1.165) is 34.3 Å². The van der Waals surface area contributed by atoms with E-state index in [2.05, 4.69) is 10.1 Å². The number of carbonyl (C=O) groups excluding carboxylic acids is 1. The summed E-state index contributed by atoms with van der Waals surface area (Å²) in [4.78, 5) is 37.5. The van der Waals surface area contributed by atoms with Crippen molar-refractivity contribution in [2.75, 3.05) is 32.1 Å². The van der Waals surface area contributed by atoms with Gasteiger partial charge in [0, 0.05) is 58.0 Å². The van der Waals surface area contributed by atoms with Crippen LogP contribution in [0, 0.1) is 5.82 Å². The first-order valence-electron chi connectivity index (χ1n) is 10.5. The maximum Gasteiger partial charge on any atom is 0.274 e. The van der Waals surface area contributed by atoms with Crippen LogP contribution in [0.25, 0.3) is 11.1 Å². The van der Waals surface area contributed by atoms with Crippen LogP contribution in [0.3, 0.4) is 0 Å². The predicted octanol–water partition coefficient (Wildman–Crippen LogP) is 2.46. The molecule has 32 heavy (non-hydrogen) atoms. The Hall–Kier alpha value is -3.62. The third-order valence-electron chi connectivity index (χ3n) is 5.64. The van der Waals surface area contributed by atoms with Crippen molar-refractivity contribution >= 4 is 11.9 Å². The molecule has 0 N–H and O–H groups in total. The first kappa shape index (κ1) is 21.6. The van der Waals surface area contributed by atoms with E-state index in [1.807, 2.05) is 19.0 Å². The second-order valence-electron chi connectivity index (χ2n) is 8.14. The first-order valence-corrected chi connectivity index (χ1v) is 10.5. The van der Waals surface area contributed by atoms with E-state index in [1.165, 1.54) is 31.3 Å². The van der Waals surface area contributed by atoms with Gasteiger partial charge in [-0.25, -0.2) is 19.0 Å². The summed E-state index contributed by atoms with van der Waals surface area (Å²) in [6.45, 7) is 1.08. The Bertz CT molecular complexity index is 1190. The number of halogens is 1. The summed E-state index contributed by atoms with van der Waals surface area (Å²) in [5, 5.41) is 4.10. The third-order valence-corrected chi connectivity index (χ3v) is 5.64. The van der Waals surface area contributed by atoms with Gasteiger partial charge in [0.2, 0.25) is 5.95 Å². The van der Waals surface area contributed by atoms with Crippen LogP contribution >= 0.6 is 0 Å². The van der Waals surface area contributed by atoms with Gasteiger partial charge in [-0.05, 0) is 36.6 Å². The largest absolute Gasteiger partial charge is 0.347 e. The maximum absolute atomic E-state index is 13.5. The molecule has 1 aliphatic rings. The molecule has 1 amide bonds. The minimum Gasteiger partial charge on any atom is -0.347 e. The molecule has 8 nitrogen and oxygen atoms in total. The molecule has 1 saturated heterocycles. The van der Waals surface area contributed by atoms with Gasteiger partial charge in [0.25, 0.3) is 11.5 Å². The SMILES string of the molecule is CN(C)c1ncc(-c2ccc(F)cc2)c(C2CCCN(C(=O)c3ccc(=O)n(C)n3)C2)n1. The fourth-order valence-corrected chi connectivity index (χ4v) is 3.93. The van der Waals surface area contributed by atoms with E-state index in [1.54, 1.807) is 23.2 Å². The summed E-state index contributed by atoms with van der Waals surface area (Å²) in [6.07, 6.45) is 3.44. The quantitative estimate of drug-likeness (QED) is 0.625. The molecule has 1 fully saturated rings. The molecular weight excluding hydrogens is 411 g/mol. The molecule has 0 radical (unpaired) electrons. The van der Waals surface area contributed by atoms with Gasteiger partial charge in [0.1, 0.15) is 11.5 Å². The van der Waals surface area contributed by atoms with Crippen LogP contribution in [-0.4, -0.2) is 57.7 Å². The number of aromatic nitrogens is 4. The molecule has 2 aromatic heterocycles. The molecule has 0 bridgehead atoms. The van der Waals surface area contributed by atoms with E-state index in [-0.39, 0.29) is 28.9 Å². The highest BCUT2D eigenvalue weighted by Crippen LogP contribution is 2.34. The molecule has 4 rings (SSSR count). The van der Waals surface area contributed by atoms with Crippen molar-refractivity contribution in [2.24, 2.45) is 7.05 Å². The number of amides is 1. The Morgan fingerprint density at radius 1 is 1.16 bits per heavy atom. The number of hydrogen-bond donors (Lipinski definition) is 0. The van der Waals surface area contributed by atoms with Crippen LogP contribution in [0.15, 0.2) is 47.4 Å². The molecular formula is C23H25FN6O2. The summed E-state index contributed by atoms with van der Waals surface area (Å²) in [6, 6.07) is 9.08. The van der Waals surface area contributed by atoms with Crippen LogP contribution in [0.4, 0.5) is 10.3 Å². The van der Waals surface area contributed by atoms with Crippen molar-refractivity contribution < 1.29 is 9.18 Å². The number of nitrogens with zero attached hydrogens (tertiary/aromatic N) is 6. The number of hydrogen-bond acceptors (Lipinski definition) is 6. The number of aryl methyl sites for hydroxylation is 1. The number of benzene rings is 1. The molecule has 0 saturated carbocycles. The average molecular weight is 436 g/mol. The summed E-state index contributed by atoms with van der Waals surface area (Å²) < 4.78 is 14.6. The normalized spacial score (nSPS) is 16.1. The van der Waals surface area contributed by atoms with Gasteiger partial charge < -0.3 is 9.80 Å². The molecule has 1 aromatic carbocycles. The molecule has 3 heterocycles. The van der Waals surface area contributed by atoms with Gasteiger partial charge in [-0.3, -0.25) is 9.59 Å². The molecule has 166 valence electrons. The second kappa shape index (κ2) is 8.86. The van der Waals surface area contributed by atoms with E-state index in [0.29, 0.717) is 19.0 Å². The lowest BCUT2D eigenvalue weighted by Crippen LogP contribution is -2.40. The molecule has 0 aliphatic carbocycles. The fraction of sp³-hybridized carbons (Fsp3) is 0.348. The zero-order chi connectivity index (χ0) is 22.8. The van der Waals surface area contributed by atoms with E-state index >= 15 is 0 Å². The number of likely N-dealkylation sites (tertiary alicyclic amines) is 1. The highest BCUT2D eigenvalue weighted by Gasteiger charge is 2.29. The van der Waals surface area contributed by atoms with Crippen LogP contribution in [-0.2, 0) is 7.05 Å². The fourth-order valence-electron chi connectivity index (χ4n) is 3.93. The lowest BCUT2D eigenvalue weighted by atomic mass is 9.89. The summed E-state index contributed by atoms with van der Waals surface area (Å²) in [5.41, 5.74) is 2.47. The highest BCUT2D eigenvalue weighted by molar-refractivity contribution is 5.92. The topological polar surface area (TPSA) is 84.2 Å². The van der Waals surface area contributed by atoms with Gasteiger partial charge >= 0.3 is 0 Å². The van der Waals surface area contributed by atoms with Crippen molar-refractivity contribution in [1.82, 2.24) is 24.6 Å². The summed E-state index contributed by atoms with van der Waals surface area (Å²) >= 11 is 0. The monoisotopic (exact) mass is 436 g/mol. The smallest absolute Gasteiger partial charge is 0.274 e. The van der Waals surface area contributed by atoms with Gasteiger partial charge in [-0.15, -0.1) is 0 Å². The standard InChI is InChI=1S/C23H25FN6O2/c1-28(2)23-25-13-18(15-6-8-17(24)9-7-15)21(26-23)16-5-4-12-30(14-16)22(32)19-10-11-20(31)29(3)27-19/h6-11,13,16H,4-5,12,14H2,1-3H3. The van der Waals surface area contributed by atoms with Crippen LogP contribution in [0.5, 0.6) is 0 Å². The lowest BCUT2D eigenvalue weighted by molar-refractivity contribution is 0.0697. The van der Waals surface area contributed by atoms with Crippen molar-refractivity contribution in [3.05, 3.63) is 70.2 Å². The van der Waals surface area contributed by atoms with Crippen molar-refractivity contribution in [2.45, 2.75) is 18.8 Å². The Morgan fingerprint density at radius 3 is 2.59 bits per heavy atom. The van der Waals surface area contributed by atoms with E-state index < -0.39 is 0 Å². The van der Waals surface area contributed by atoms with Crippen molar-refractivity contribution in [1.29, 1.82) is 0 Å². The minimum atomic E-state index is -0.305. The summed E-state index contributed by atoms with van der Waals surface area (Å²) in [5.74, 6) is 0.0480. The number of piperidine rings is 1. The second-order valence-corrected chi connectivity index (χ2v) is 8.14. The zero-order valence-corrected chi connectivity index (χ0v) is 18.3. The number of carbonyl (C=O) groups is 1. The highest BCUT2D eigenvalue weighted by atomic mass is 19.1. The number of anilines is 1. The van der Waals surface area contributed by atoms with Crippen LogP contribution in [0.1, 0.15) is 34.9 Å². The molecule has 1 unspecified atom stereocenters. The maximum atomic E-state index is 13.5. The lowest BCUT2D eigenvalue weighted by Gasteiger charge is -2.33. The Balaban J connectivity index is 1.67. The number of rotatable bonds is 4. The van der Waals surface area contributed by atoms with E-state index in [9.17, 15) is 14.0 Å². The van der Waals surface area contributed by atoms with Gasteiger partial charge in [0.05, 0.1) is 5.69 Å². The average Bonchev–Trinajstić information content (AvgIpc) is 2.80. The van der Waals surface area contributed by atoms with Gasteiger partial charge in [-0.2, -0.15) is 5.10 Å². The van der Waals surface area contributed by atoms with E-state index in [4.69, 9.17) is 4.98 Å². The summed E-state index contributed by atoms with van der Waals surface area (Å²) in [7, 11) is 5.27. The Kier molecular flexibility index (Phi) is 5.98. The van der Waals surface area contributed by atoms with Crippen molar-refractivity contribution in [3.8, 4) is 11.1 Å². The molecule has 9 heteroatoms. The predicted molar refractivity (Wildman–Crippen MR) is 119 cm³/mol. The molecule has 1 aliphatic heterocycles. The zero-order valence-electron chi connectivity index (χ0n) is 18.3.